The van der Waals surface area contributed by atoms with E-state index in [2.05, 4.69) is 4.90 Å². The average molecular weight is 608 g/mol. The number of rotatable bonds is 7. The summed E-state index contributed by atoms with van der Waals surface area (Å²) in [6.07, 6.45) is 1.38. The second-order valence-corrected chi connectivity index (χ2v) is 12.3. The molecule has 7 nitrogen and oxygen atoms in total. The van der Waals surface area contributed by atoms with Crippen molar-refractivity contribution >= 4 is 23.5 Å². The van der Waals surface area contributed by atoms with Crippen LogP contribution in [0.1, 0.15) is 42.4 Å². The van der Waals surface area contributed by atoms with Gasteiger partial charge in [0.05, 0.1) is 5.92 Å². The quantitative estimate of drug-likeness (QED) is 0.500. The number of aryl methyl sites for hydroxylation is 1. The maximum Gasteiger partial charge on any atom is 0.321 e. The number of carbonyl (C=O) groups excluding carboxylic acids is 1. The van der Waals surface area contributed by atoms with Crippen LogP contribution in [0.5, 0.6) is 0 Å². The fourth-order valence-electron chi connectivity index (χ4n) is 6.85. The van der Waals surface area contributed by atoms with Gasteiger partial charge in [0.1, 0.15) is 23.5 Å². The summed E-state index contributed by atoms with van der Waals surface area (Å²) in [7, 11) is 0. The highest BCUT2D eigenvalue weighted by atomic mass is 35.5. The summed E-state index contributed by atoms with van der Waals surface area (Å²) in [6.45, 7) is 6.48. The van der Waals surface area contributed by atoms with Crippen LogP contribution in [-0.4, -0.2) is 95.7 Å². The molecular formula is C31H37ClF3N3O4. The summed E-state index contributed by atoms with van der Waals surface area (Å²) < 4.78 is 49.8. The third-order valence-electron chi connectivity index (χ3n) is 9.09. The van der Waals surface area contributed by atoms with E-state index < -0.39 is 35.4 Å². The van der Waals surface area contributed by atoms with E-state index in [4.69, 9.17) is 16.3 Å². The van der Waals surface area contributed by atoms with Crippen LogP contribution in [0.25, 0.3) is 0 Å². The van der Waals surface area contributed by atoms with Gasteiger partial charge in [0.2, 0.25) is 5.91 Å². The molecule has 3 heterocycles. The van der Waals surface area contributed by atoms with Gasteiger partial charge in [-0.2, -0.15) is 0 Å². The van der Waals surface area contributed by atoms with Gasteiger partial charge in [-0.3, -0.25) is 19.4 Å². The number of piperazine rings is 1. The Morgan fingerprint density at radius 2 is 1.71 bits per heavy atom. The number of ether oxygens (including phenoxy) is 1. The minimum atomic E-state index is -1.18. The molecule has 3 saturated heterocycles. The maximum absolute atomic E-state index is 15.1. The van der Waals surface area contributed by atoms with Gasteiger partial charge < -0.3 is 14.7 Å². The van der Waals surface area contributed by atoms with Crippen molar-refractivity contribution in [2.45, 2.75) is 57.2 Å². The summed E-state index contributed by atoms with van der Waals surface area (Å²) in [5, 5.41) is 10.3. The number of hydrogen-bond acceptors (Lipinski definition) is 5. The van der Waals surface area contributed by atoms with Crippen LogP contribution in [0, 0.1) is 30.3 Å². The highest BCUT2D eigenvalue weighted by Gasteiger charge is 2.45. The Bertz CT molecular complexity index is 1300. The molecule has 228 valence electrons. The van der Waals surface area contributed by atoms with Crippen molar-refractivity contribution in [3.63, 3.8) is 0 Å². The molecule has 0 aliphatic carbocycles. The lowest BCUT2D eigenvalue weighted by Crippen LogP contribution is -2.59. The topological polar surface area (TPSA) is 73.3 Å². The van der Waals surface area contributed by atoms with E-state index in [-0.39, 0.29) is 55.5 Å². The molecule has 2 aromatic rings. The predicted octanol–water partition coefficient (Wildman–Crippen LogP) is 4.49. The molecule has 1 amide bonds. The fourth-order valence-corrected chi connectivity index (χ4v) is 7.01. The molecule has 0 aromatic heterocycles. The number of aliphatic carboxylic acids is 1. The van der Waals surface area contributed by atoms with Crippen LogP contribution in [0.3, 0.4) is 0 Å². The van der Waals surface area contributed by atoms with Gasteiger partial charge in [0.15, 0.2) is 0 Å². The number of amides is 1. The number of benzene rings is 2. The van der Waals surface area contributed by atoms with Gasteiger partial charge in [-0.05, 0) is 62.1 Å². The molecule has 5 rings (SSSR count). The second-order valence-electron chi connectivity index (χ2n) is 11.8. The molecular weight excluding hydrogens is 571 g/mol. The molecule has 3 fully saturated rings. The first-order valence-corrected chi connectivity index (χ1v) is 14.9. The van der Waals surface area contributed by atoms with E-state index in [1.54, 1.807) is 28.9 Å². The molecule has 2 aromatic carbocycles. The number of hydrogen-bond donors (Lipinski definition) is 1. The molecule has 42 heavy (non-hydrogen) atoms. The Balaban J connectivity index is 1.33. The monoisotopic (exact) mass is 607 g/mol. The molecule has 0 radical (unpaired) electrons. The first-order valence-electron chi connectivity index (χ1n) is 14.5. The van der Waals surface area contributed by atoms with E-state index in [1.807, 2.05) is 6.92 Å². The van der Waals surface area contributed by atoms with E-state index in [9.17, 15) is 23.5 Å². The fraction of sp³-hybridized carbons (Fsp3) is 0.548. The van der Waals surface area contributed by atoms with Crippen LogP contribution >= 0.6 is 11.6 Å². The molecule has 4 atom stereocenters. The summed E-state index contributed by atoms with van der Waals surface area (Å²) in [6, 6.07) is 5.73. The van der Waals surface area contributed by atoms with Gasteiger partial charge in [0.25, 0.3) is 0 Å². The van der Waals surface area contributed by atoms with E-state index >= 15 is 4.39 Å². The number of carboxylic acids is 1. The van der Waals surface area contributed by atoms with E-state index in [0.717, 1.165) is 12.8 Å². The zero-order chi connectivity index (χ0) is 30.1. The van der Waals surface area contributed by atoms with Crippen LogP contribution in [0.2, 0.25) is 5.02 Å². The standard InChI is InChI=1S/C31H37ClF3N3O4/c1-18-11-26(33)23(27(34)12-18)14-29(31(40)41)36-7-8-38(19(2)15-36)30(39)25-17-37(21-5-9-42-10-6-21)16-24(25)22-4-3-20(32)13-28(22)35/h3-4,11-13,19,21,24-25,29H,5-10,14-17H2,1-2H3,(H,40,41)/t19-,24-,25+,29-/m0/s1. The van der Waals surface area contributed by atoms with Gasteiger partial charge >= 0.3 is 5.97 Å². The van der Waals surface area contributed by atoms with Crippen molar-refractivity contribution in [1.29, 1.82) is 0 Å². The Morgan fingerprint density at radius 3 is 2.33 bits per heavy atom. The smallest absolute Gasteiger partial charge is 0.321 e. The summed E-state index contributed by atoms with van der Waals surface area (Å²) >= 11 is 6.02. The number of nitrogens with zero attached hydrogens (tertiary/aromatic N) is 3. The van der Waals surface area contributed by atoms with Crippen molar-refractivity contribution < 1.29 is 32.6 Å². The number of halogens is 4. The molecule has 0 bridgehead atoms. The average Bonchev–Trinajstić information content (AvgIpc) is 3.38. The Hall–Kier alpha value is -2.66. The number of likely N-dealkylation sites (tertiary alicyclic amines) is 1. The Labute approximate surface area is 249 Å². The third kappa shape index (κ3) is 6.46. The third-order valence-corrected chi connectivity index (χ3v) is 9.32. The summed E-state index contributed by atoms with van der Waals surface area (Å²) in [5.41, 5.74) is 0.623. The largest absolute Gasteiger partial charge is 0.480 e. The Morgan fingerprint density at radius 1 is 1.02 bits per heavy atom. The van der Waals surface area contributed by atoms with Gasteiger partial charge in [-0.15, -0.1) is 0 Å². The predicted molar refractivity (Wildman–Crippen MR) is 152 cm³/mol. The molecule has 0 spiro atoms. The van der Waals surface area contributed by atoms with Crippen molar-refractivity contribution in [3.05, 3.63) is 69.5 Å². The molecule has 0 saturated carbocycles. The molecule has 0 unspecified atom stereocenters. The van der Waals surface area contributed by atoms with Crippen molar-refractivity contribution in [2.75, 3.05) is 45.9 Å². The van der Waals surface area contributed by atoms with Gasteiger partial charge in [0, 0.05) is 80.9 Å². The van der Waals surface area contributed by atoms with Crippen LogP contribution in [0.4, 0.5) is 13.2 Å². The lowest BCUT2D eigenvalue weighted by Gasteiger charge is -2.43. The number of carbonyl (C=O) groups is 2. The van der Waals surface area contributed by atoms with Crippen molar-refractivity contribution in [3.8, 4) is 0 Å². The molecule has 3 aliphatic heterocycles. The molecule has 3 aliphatic rings. The molecule has 1 N–H and O–H groups in total. The van der Waals surface area contributed by atoms with Gasteiger partial charge in [-0.25, -0.2) is 13.2 Å². The van der Waals surface area contributed by atoms with Crippen LogP contribution in [-0.2, 0) is 20.7 Å². The first-order chi connectivity index (χ1) is 20.0. The lowest BCUT2D eigenvalue weighted by atomic mass is 9.87. The van der Waals surface area contributed by atoms with Crippen molar-refractivity contribution in [2.24, 2.45) is 5.92 Å². The van der Waals surface area contributed by atoms with Crippen LogP contribution < -0.4 is 0 Å². The normalized spacial score (nSPS) is 25.1. The van der Waals surface area contributed by atoms with Crippen LogP contribution in [0.15, 0.2) is 30.3 Å². The first kappa shape index (κ1) is 30.8. The highest BCUT2D eigenvalue weighted by molar-refractivity contribution is 6.30. The minimum Gasteiger partial charge on any atom is -0.480 e. The SMILES string of the molecule is Cc1cc(F)c(C[C@@H](C(=O)O)N2CCN(C(=O)[C@@H]3CN(C4CCOCC4)C[C@H]3c3ccc(Cl)cc3F)[C@@H](C)C2)c(F)c1. The number of carboxylic acid groups (broad SMARTS) is 1. The molecule has 11 heteroatoms. The van der Waals surface area contributed by atoms with Gasteiger partial charge in [-0.1, -0.05) is 17.7 Å². The summed E-state index contributed by atoms with van der Waals surface area (Å²) in [5.74, 6) is -4.09. The lowest BCUT2D eigenvalue weighted by molar-refractivity contribution is -0.147. The highest BCUT2D eigenvalue weighted by Crippen LogP contribution is 2.39. The zero-order valence-electron chi connectivity index (χ0n) is 23.9. The zero-order valence-corrected chi connectivity index (χ0v) is 24.6. The van der Waals surface area contributed by atoms with E-state index in [1.165, 1.54) is 18.2 Å². The second kappa shape index (κ2) is 12.9. The van der Waals surface area contributed by atoms with Crippen molar-refractivity contribution in [1.82, 2.24) is 14.7 Å². The Kier molecular flexibility index (Phi) is 9.47. The maximum atomic E-state index is 15.1. The summed E-state index contributed by atoms with van der Waals surface area (Å²) in [4.78, 5) is 32.1. The minimum absolute atomic E-state index is 0.0986. The van der Waals surface area contributed by atoms with E-state index in [0.29, 0.717) is 42.5 Å².